The van der Waals surface area contributed by atoms with E-state index in [0.29, 0.717) is 23.4 Å². The predicted octanol–water partition coefficient (Wildman–Crippen LogP) is 3.58. The van der Waals surface area contributed by atoms with Crippen molar-refractivity contribution in [2.24, 2.45) is 5.92 Å². The molecule has 3 heterocycles. The van der Waals surface area contributed by atoms with Crippen LogP contribution >= 0.6 is 11.3 Å². The van der Waals surface area contributed by atoms with Gasteiger partial charge in [-0.25, -0.2) is 0 Å². The van der Waals surface area contributed by atoms with Crippen LogP contribution in [0.15, 0.2) is 26.5 Å². The van der Waals surface area contributed by atoms with Crippen molar-refractivity contribution in [2.75, 3.05) is 0 Å². The molecule has 1 aliphatic rings. The maximum atomic E-state index is 5.74. The number of aromatic nitrogens is 3. The first-order valence-corrected chi connectivity index (χ1v) is 7.54. The Kier molecular flexibility index (Phi) is 2.70. The van der Waals surface area contributed by atoms with Crippen molar-refractivity contribution >= 4 is 11.3 Å². The van der Waals surface area contributed by atoms with Crippen LogP contribution in [-0.2, 0) is 12.8 Å². The van der Waals surface area contributed by atoms with Gasteiger partial charge >= 0.3 is 0 Å². The number of hydrogen-bond acceptors (Lipinski definition) is 6. The quantitative estimate of drug-likeness (QED) is 0.720. The summed E-state index contributed by atoms with van der Waals surface area (Å²) in [6.45, 7) is 2.24. The molecule has 3 aromatic heterocycles. The lowest BCUT2D eigenvalue weighted by Gasteiger charge is -2.15. The van der Waals surface area contributed by atoms with Crippen LogP contribution in [0.25, 0.3) is 22.4 Å². The Morgan fingerprint density at radius 2 is 2.20 bits per heavy atom. The summed E-state index contributed by atoms with van der Waals surface area (Å²) in [5.74, 6) is 2.59. The first kappa shape index (κ1) is 11.8. The molecule has 0 saturated heterocycles. The molecule has 0 N–H and O–H groups in total. The van der Waals surface area contributed by atoms with Gasteiger partial charge in [-0.1, -0.05) is 18.1 Å². The molecule has 20 heavy (non-hydrogen) atoms. The van der Waals surface area contributed by atoms with E-state index in [4.69, 9.17) is 8.94 Å². The summed E-state index contributed by atoms with van der Waals surface area (Å²) in [5.41, 5.74) is 1.84. The summed E-state index contributed by atoms with van der Waals surface area (Å²) < 4.78 is 11.2. The Hall–Kier alpha value is -1.95. The van der Waals surface area contributed by atoms with Gasteiger partial charge in [-0.15, -0.1) is 21.5 Å². The van der Waals surface area contributed by atoms with Crippen molar-refractivity contribution in [3.63, 3.8) is 0 Å². The molecule has 5 nitrogen and oxygen atoms in total. The average Bonchev–Trinajstić information content (AvgIpc) is 3.17. The van der Waals surface area contributed by atoms with Gasteiger partial charge in [0.15, 0.2) is 5.69 Å². The van der Waals surface area contributed by atoms with Crippen LogP contribution in [0.5, 0.6) is 0 Å². The lowest BCUT2D eigenvalue weighted by molar-refractivity contribution is 0.356. The van der Waals surface area contributed by atoms with Crippen LogP contribution in [0, 0.1) is 5.92 Å². The SMILES string of the molecule is C[C@H]1CCc2onc(-c3nnc(-c4cccs4)o3)c2C1. The number of fused-ring (bicyclic) bond motifs is 1. The summed E-state index contributed by atoms with van der Waals surface area (Å²) in [6.07, 6.45) is 3.05. The highest BCUT2D eigenvalue weighted by atomic mass is 32.1. The van der Waals surface area contributed by atoms with Crippen molar-refractivity contribution in [3.8, 4) is 22.4 Å². The zero-order valence-electron chi connectivity index (χ0n) is 11.0. The second-order valence-electron chi connectivity index (χ2n) is 5.17. The van der Waals surface area contributed by atoms with E-state index in [-0.39, 0.29) is 0 Å². The third kappa shape index (κ3) is 1.87. The number of hydrogen-bond donors (Lipinski definition) is 0. The Morgan fingerprint density at radius 1 is 1.30 bits per heavy atom. The standard InChI is InChI=1S/C14H13N3O2S/c1-8-4-5-10-9(7-8)12(17-19-10)14-16-15-13(18-14)11-3-2-6-20-11/h2-3,6,8H,4-5,7H2,1H3/t8-/m0/s1. The first-order chi connectivity index (χ1) is 9.81. The molecule has 6 heteroatoms. The molecule has 0 bridgehead atoms. The molecular formula is C14H13N3O2S. The smallest absolute Gasteiger partial charge is 0.270 e. The summed E-state index contributed by atoms with van der Waals surface area (Å²) in [6, 6.07) is 3.92. The van der Waals surface area contributed by atoms with Crippen LogP contribution < -0.4 is 0 Å². The lowest BCUT2D eigenvalue weighted by atomic mass is 9.88. The Balaban J connectivity index is 1.74. The minimum atomic E-state index is 0.451. The second kappa shape index (κ2) is 4.56. The zero-order valence-corrected chi connectivity index (χ0v) is 11.8. The maximum absolute atomic E-state index is 5.74. The highest BCUT2D eigenvalue weighted by Crippen LogP contribution is 2.34. The van der Waals surface area contributed by atoms with E-state index < -0.39 is 0 Å². The van der Waals surface area contributed by atoms with Gasteiger partial charge < -0.3 is 8.94 Å². The fourth-order valence-corrected chi connectivity index (χ4v) is 3.21. The number of thiophene rings is 1. The van der Waals surface area contributed by atoms with Crippen molar-refractivity contribution < 1.29 is 8.94 Å². The van der Waals surface area contributed by atoms with Crippen LogP contribution in [0.1, 0.15) is 24.7 Å². The third-order valence-electron chi connectivity index (χ3n) is 3.65. The molecule has 1 atom stereocenters. The van der Waals surface area contributed by atoms with Crippen molar-refractivity contribution in [1.82, 2.24) is 15.4 Å². The molecule has 0 aliphatic heterocycles. The van der Waals surface area contributed by atoms with E-state index in [1.807, 2.05) is 17.5 Å². The fourth-order valence-electron chi connectivity index (χ4n) is 2.56. The second-order valence-corrected chi connectivity index (χ2v) is 6.12. The molecular weight excluding hydrogens is 274 g/mol. The molecule has 0 saturated carbocycles. The van der Waals surface area contributed by atoms with Gasteiger partial charge in [-0.2, -0.15) is 0 Å². The maximum Gasteiger partial charge on any atom is 0.270 e. The number of rotatable bonds is 2. The molecule has 0 spiro atoms. The van der Waals surface area contributed by atoms with Gasteiger partial charge in [0, 0.05) is 12.0 Å². The molecule has 1 aliphatic carbocycles. The van der Waals surface area contributed by atoms with Crippen molar-refractivity contribution in [3.05, 3.63) is 28.8 Å². The van der Waals surface area contributed by atoms with E-state index in [0.717, 1.165) is 35.5 Å². The van der Waals surface area contributed by atoms with Gasteiger partial charge in [0.1, 0.15) is 5.76 Å². The van der Waals surface area contributed by atoms with E-state index in [9.17, 15) is 0 Å². The lowest BCUT2D eigenvalue weighted by Crippen LogP contribution is -2.09. The highest BCUT2D eigenvalue weighted by Gasteiger charge is 2.27. The highest BCUT2D eigenvalue weighted by molar-refractivity contribution is 7.13. The topological polar surface area (TPSA) is 65.0 Å². The summed E-state index contributed by atoms with van der Waals surface area (Å²) >= 11 is 1.58. The van der Waals surface area contributed by atoms with Crippen LogP contribution in [0.4, 0.5) is 0 Å². The summed E-state index contributed by atoms with van der Waals surface area (Å²) in [7, 11) is 0. The van der Waals surface area contributed by atoms with Gasteiger partial charge in [-0.3, -0.25) is 0 Å². The van der Waals surface area contributed by atoms with Crippen molar-refractivity contribution in [1.29, 1.82) is 0 Å². The third-order valence-corrected chi connectivity index (χ3v) is 4.50. The van der Waals surface area contributed by atoms with E-state index in [2.05, 4.69) is 22.3 Å². The molecule has 0 radical (unpaired) electrons. The molecule has 0 unspecified atom stereocenters. The van der Waals surface area contributed by atoms with Gasteiger partial charge in [-0.05, 0) is 30.2 Å². The van der Waals surface area contributed by atoms with E-state index in [1.165, 1.54) is 0 Å². The minimum Gasteiger partial charge on any atom is -0.414 e. The normalized spacial score (nSPS) is 18.1. The minimum absolute atomic E-state index is 0.451. The van der Waals surface area contributed by atoms with E-state index in [1.54, 1.807) is 11.3 Å². The number of nitrogens with zero attached hydrogens (tertiary/aromatic N) is 3. The molecule has 102 valence electrons. The van der Waals surface area contributed by atoms with Crippen LogP contribution in [0.2, 0.25) is 0 Å². The monoisotopic (exact) mass is 287 g/mol. The van der Waals surface area contributed by atoms with Crippen LogP contribution in [-0.4, -0.2) is 15.4 Å². The summed E-state index contributed by atoms with van der Waals surface area (Å²) in [5, 5.41) is 14.3. The zero-order chi connectivity index (χ0) is 13.5. The molecule has 0 fully saturated rings. The Labute approximate surface area is 119 Å². The first-order valence-electron chi connectivity index (χ1n) is 6.66. The van der Waals surface area contributed by atoms with E-state index >= 15 is 0 Å². The molecule has 0 amide bonds. The van der Waals surface area contributed by atoms with Crippen molar-refractivity contribution in [2.45, 2.75) is 26.2 Å². The largest absolute Gasteiger partial charge is 0.414 e. The fraction of sp³-hybridized carbons (Fsp3) is 0.357. The summed E-state index contributed by atoms with van der Waals surface area (Å²) in [4.78, 5) is 0.967. The molecule has 0 aromatic carbocycles. The predicted molar refractivity (Wildman–Crippen MR) is 74.3 cm³/mol. The van der Waals surface area contributed by atoms with Gasteiger partial charge in [0.05, 0.1) is 4.88 Å². The van der Waals surface area contributed by atoms with Gasteiger partial charge in [0.25, 0.3) is 11.8 Å². The van der Waals surface area contributed by atoms with Gasteiger partial charge in [0.2, 0.25) is 0 Å². The molecule has 4 rings (SSSR count). The number of aryl methyl sites for hydroxylation is 1. The molecule has 3 aromatic rings. The Bertz CT molecular complexity index is 730. The average molecular weight is 287 g/mol. The van der Waals surface area contributed by atoms with Crippen LogP contribution in [0.3, 0.4) is 0 Å². The Morgan fingerprint density at radius 3 is 3.05 bits per heavy atom.